The smallest absolute Gasteiger partial charge is 0.287 e. The fourth-order valence-corrected chi connectivity index (χ4v) is 3.39. The van der Waals surface area contributed by atoms with Gasteiger partial charge in [0.2, 0.25) is 5.28 Å². The van der Waals surface area contributed by atoms with E-state index in [2.05, 4.69) is 25.6 Å². The lowest BCUT2D eigenvalue weighted by molar-refractivity contribution is -0.418. The summed E-state index contributed by atoms with van der Waals surface area (Å²) >= 11 is 6.06. The Bertz CT molecular complexity index is 1090. The van der Waals surface area contributed by atoms with E-state index < -0.39 is 24.0 Å². The van der Waals surface area contributed by atoms with E-state index in [1.54, 1.807) is 0 Å². The molecular formula is C18H19ClN6O4. The molecule has 11 heteroatoms. The van der Waals surface area contributed by atoms with Gasteiger partial charge in [-0.3, -0.25) is 9.36 Å². The Balaban J connectivity index is 1.64. The zero-order valence-electron chi connectivity index (χ0n) is 15.6. The van der Waals surface area contributed by atoms with Crippen molar-refractivity contribution in [1.29, 1.82) is 0 Å². The molecule has 0 bridgehead atoms. The van der Waals surface area contributed by atoms with E-state index in [1.165, 1.54) is 13.4 Å². The zero-order chi connectivity index (χ0) is 20.8. The molecule has 0 radical (unpaired) electrons. The summed E-state index contributed by atoms with van der Waals surface area (Å²) in [7, 11) is 1.40. The highest BCUT2D eigenvalue weighted by Crippen LogP contribution is 2.38. The number of benzene rings is 1. The number of hydrogen-bond donors (Lipinski definition) is 4. The number of rotatable bonds is 5. The van der Waals surface area contributed by atoms with E-state index in [0.717, 1.165) is 15.7 Å². The lowest BCUT2D eigenvalue weighted by atomic mass is 10.0. The number of aromatic nitrogens is 4. The van der Waals surface area contributed by atoms with E-state index >= 15 is 0 Å². The van der Waals surface area contributed by atoms with Gasteiger partial charge in [0, 0.05) is 13.6 Å². The number of fused-ring (bicyclic) bond motifs is 1. The molecule has 1 aliphatic heterocycles. The van der Waals surface area contributed by atoms with Crippen LogP contribution in [0.15, 0.2) is 30.6 Å². The van der Waals surface area contributed by atoms with Crippen LogP contribution in [0.3, 0.4) is 0 Å². The molecule has 29 heavy (non-hydrogen) atoms. The molecule has 3 unspecified atom stereocenters. The normalized spacial score (nSPS) is 23.6. The van der Waals surface area contributed by atoms with Crippen LogP contribution in [0, 0.1) is 6.92 Å². The number of aliphatic hydroxyl groups excluding tert-OH is 1. The minimum atomic E-state index is -2.20. The van der Waals surface area contributed by atoms with Crippen LogP contribution in [0.5, 0.6) is 0 Å². The van der Waals surface area contributed by atoms with Crippen molar-refractivity contribution in [3.05, 3.63) is 47.0 Å². The number of likely N-dealkylation sites (N-methyl/N-ethyl adjacent to an activating group) is 1. The number of halogens is 1. The number of hydrogen-bond acceptors (Lipinski definition) is 8. The summed E-state index contributed by atoms with van der Waals surface area (Å²) in [6.45, 7) is 2.47. The van der Waals surface area contributed by atoms with Crippen molar-refractivity contribution in [2.75, 3.05) is 12.4 Å². The summed E-state index contributed by atoms with van der Waals surface area (Å²) in [5.74, 6) is -2.39. The SMILES string of the molecule is CNC(=O)C1OC(O)(n2cnc3c(NCc4cccc(C)c4)nc(Cl)nc32)C1O. The summed E-state index contributed by atoms with van der Waals surface area (Å²) < 4.78 is 6.38. The van der Waals surface area contributed by atoms with Gasteiger partial charge in [0.1, 0.15) is 6.33 Å². The minimum absolute atomic E-state index is 0.0775. The molecule has 152 valence electrons. The molecule has 0 saturated carbocycles. The van der Waals surface area contributed by atoms with Crippen LogP contribution in [0.4, 0.5) is 5.82 Å². The highest BCUT2D eigenvalue weighted by atomic mass is 35.5. The number of carbonyl (C=O) groups is 1. The van der Waals surface area contributed by atoms with Crippen LogP contribution in [0.25, 0.3) is 11.2 Å². The van der Waals surface area contributed by atoms with Crippen LogP contribution in [0.1, 0.15) is 11.1 Å². The summed E-state index contributed by atoms with van der Waals surface area (Å²) in [5.41, 5.74) is 2.64. The summed E-state index contributed by atoms with van der Waals surface area (Å²) in [5, 5.41) is 26.5. The van der Waals surface area contributed by atoms with Crippen molar-refractivity contribution in [2.45, 2.75) is 31.6 Å². The maximum absolute atomic E-state index is 11.7. The predicted molar refractivity (Wildman–Crippen MR) is 104 cm³/mol. The number of carbonyl (C=O) groups excluding carboxylic acids is 1. The van der Waals surface area contributed by atoms with Gasteiger partial charge in [0.15, 0.2) is 29.2 Å². The van der Waals surface area contributed by atoms with Gasteiger partial charge in [0.25, 0.3) is 11.8 Å². The lowest BCUT2D eigenvalue weighted by Gasteiger charge is -2.47. The van der Waals surface area contributed by atoms with E-state index in [-0.39, 0.29) is 10.9 Å². The van der Waals surface area contributed by atoms with Crippen LogP contribution >= 0.6 is 11.6 Å². The third-order valence-electron chi connectivity index (χ3n) is 4.73. The van der Waals surface area contributed by atoms with Crippen LogP contribution in [-0.4, -0.2) is 54.9 Å². The molecule has 1 fully saturated rings. The fourth-order valence-electron chi connectivity index (χ4n) is 3.22. The number of aryl methyl sites for hydroxylation is 1. The minimum Gasteiger partial charge on any atom is -0.382 e. The van der Waals surface area contributed by atoms with Crippen LogP contribution < -0.4 is 10.6 Å². The first kappa shape index (κ1) is 19.5. The molecule has 2 aromatic heterocycles. The largest absolute Gasteiger partial charge is 0.382 e. The van der Waals surface area contributed by atoms with Crippen LogP contribution in [-0.2, 0) is 22.0 Å². The molecule has 1 aliphatic rings. The standard InChI is InChI=1S/C18H19ClN6O4/c1-9-4-3-5-10(6-9)7-21-14-11-15(24-17(19)23-14)25(8-22-11)18(28)13(26)12(29-18)16(27)20-2/h3-6,8,12-13,26,28H,7H2,1-2H3,(H,20,27)(H,21,23,24). The highest BCUT2D eigenvalue weighted by Gasteiger charge is 2.59. The monoisotopic (exact) mass is 418 g/mol. The summed E-state index contributed by atoms with van der Waals surface area (Å²) in [6.07, 6.45) is -1.48. The number of imidazole rings is 1. The van der Waals surface area contributed by atoms with Crippen molar-refractivity contribution in [3.63, 3.8) is 0 Å². The molecule has 1 amide bonds. The van der Waals surface area contributed by atoms with Crippen molar-refractivity contribution in [2.24, 2.45) is 0 Å². The molecule has 0 spiro atoms. The second-order valence-electron chi connectivity index (χ2n) is 6.73. The second-order valence-corrected chi connectivity index (χ2v) is 7.06. The van der Waals surface area contributed by atoms with Crippen LogP contribution in [0.2, 0.25) is 5.28 Å². The molecule has 0 aliphatic carbocycles. The molecule has 1 saturated heterocycles. The second kappa shape index (κ2) is 7.23. The summed E-state index contributed by atoms with van der Waals surface area (Å²) in [4.78, 5) is 24.2. The Hall–Kier alpha value is -2.79. The van der Waals surface area contributed by atoms with Gasteiger partial charge >= 0.3 is 0 Å². The van der Waals surface area contributed by atoms with Gasteiger partial charge in [-0.15, -0.1) is 0 Å². The van der Waals surface area contributed by atoms with Gasteiger partial charge in [-0.05, 0) is 24.1 Å². The van der Waals surface area contributed by atoms with Gasteiger partial charge in [-0.1, -0.05) is 29.8 Å². The highest BCUT2D eigenvalue weighted by molar-refractivity contribution is 6.28. The van der Waals surface area contributed by atoms with Gasteiger partial charge in [-0.2, -0.15) is 9.97 Å². The van der Waals surface area contributed by atoms with Crippen molar-refractivity contribution >= 4 is 34.5 Å². The molecule has 3 aromatic rings. The van der Waals surface area contributed by atoms with Crippen molar-refractivity contribution < 1.29 is 19.7 Å². The Morgan fingerprint density at radius 3 is 2.90 bits per heavy atom. The molecule has 3 atom stereocenters. The first-order chi connectivity index (χ1) is 13.8. The molecule has 10 nitrogen and oxygen atoms in total. The first-order valence-electron chi connectivity index (χ1n) is 8.84. The van der Waals surface area contributed by atoms with E-state index in [0.29, 0.717) is 17.9 Å². The zero-order valence-corrected chi connectivity index (χ0v) is 16.4. The third kappa shape index (κ3) is 3.29. The average molecular weight is 419 g/mol. The van der Waals surface area contributed by atoms with E-state index in [4.69, 9.17) is 16.3 Å². The number of amides is 1. The summed E-state index contributed by atoms with van der Waals surface area (Å²) in [6, 6.07) is 7.96. The molecular weight excluding hydrogens is 400 g/mol. The first-order valence-corrected chi connectivity index (χ1v) is 9.21. The lowest BCUT2D eigenvalue weighted by Crippen LogP contribution is -2.69. The molecule has 4 rings (SSSR count). The van der Waals surface area contributed by atoms with Gasteiger partial charge in [-0.25, -0.2) is 4.98 Å². The average Bonchev–Trinajstić information content (AvgIpc) is 3.13. The molecule has 1 aromatic carbocycles. The van der Waals surface area contributed by atoms with Gasteiger partial charge < -0.3 is 25.6 Å². The number of ether oxygens (including phenoxy) is 1. The Kier molecular flexibility index (Phi) is 4.87. The Morgan fingerprint density at radius 2 is 2.21 bits per heavy atom. The van der Waals surface area contributed by atoms with Crippen molar-refractivity contribution in [3.8, 4) is 0 Å². The maximum Gasteiger partial charge on any atom is 0.287 e. The number of nitrogens with one attached hydrogen (secondary N) is 2. The maximum atomic E-state index is 11.7. The van der Waals surface area contributed by atoms with Crippen molar-refractivity contribution in [1.82, 2.24) is 24.8 Å². The number of nitrogens with zero attached hydrogens (tertiary/aromatic N) is 4. The Labute approximate surface area is 170 Å². The number of aliphatic hydroxyl groups is 2. The topological polar surface area (TPSA) is 134 Å². The fraction of sp³-hybridized carbons (Fsp3) is 0.333. The quantitative estimate of drug-likeness (QED) is 0.440. The van der Waals surface area contributed by atoms with E-state index in [9.17, 15) is 15.0 Å². The molecule has 4 N–H and O–H groups in total. The Morgan fingerprint density at radius 1 is 1.41 bits per heavy atom. The molecule has 3 heterocycles. The third-order valence-corrected chi connectivity index (χ3v) is 4.90. The number of anilines is 1. The van der Waals surface area contributed by atoms with Gasteiger partial charge in [0.05, 0.1) is 0 Å². The van der Waals surface area contributed by atoms with E-state index in [1.807, 2.05) is 31.2 Å². The predicted octanol–water partition coefficient (Wildman–Crippen LogP) is 0.509.